The topological polar surface area (TPSA) is 78.9 Å². The second-order valence-electron chi connectivity index (χ2n) is 18.8. The third kappa shape index (κ3) is 56.6. The highest BCUT2D eigenvalue weighted by Gasteiger charge is 2.19. The van der Waals surface area contributed by atoms with Crippen LogP contribution in [0.15, 0.2) is 122 Å². The van der Waals surface area contributed by atoms with E-state index in [0.717, 1.165) is 103 Å². The Morgan fingerprint density at radius 3 is 0.915 bits per heavy atom. The molecule has 0 aromatic rings. The van der Waals surface area contributed by atoms with Crippen LogP contribution in [0.25, 0.3) is 0 Å². The van der Waals surface area contributed by atoms with Crippen molar-refractivity contribution in [1.29, 1.82) is 0 Å². The van der Waals surface area contributed by atoms with Crippen LogP contribution in [0, 0.1) is 0 Å². The zero-order valence-electron chi connectivity index (χ0n) is 45.9. The van der Waals surface area contributed by atoms with Gasteiger partial charge in [0.05, 0.1) is 0 Å². The molecule has 71 heavy (non-hydrogen) atoms. The summed E-state index contributed by atoms with van der Waals surface area (Å²) in [7, 11) is 0. The van der Waals surface area contributed by atoms with Crippen LogP contribution >= 0.6 is 0 Å². The molecule has 0 saturated heterocycles. The fraction of sp³-hybridized carbons (Fsp3) is 0.646. The molecule has 0 heterocycles. The van der Waals surface area contributed by atoms with Gasteiger partial charge in [-0.05, 0) is 96.3 Å². The van der Waals surface area contributed by atoms with Crippen LogP contribution in [0.1, 0.15) is 252 Å². The van der Waals surface area contributed by atoms with E-state index < -0.39 is 12.1 Å². The van der Waals surface area contributed by atoms with E-state index in [1.54, 1.807) is 0 Å². The molecule has 0 bridgehead atoms. The number of rotatable bonds is 51. The van der Waals surface area contributed by atoms with Gasteiger partial charge in [0.25, 0.3) is 0 Å². The molecule has 0 amide bonds. The van der Waals surface area contributed by atoms with E-state index in [1.807, 2.05) is 12.2 Å². The summed E-state index contributed by atoms with van der Waals surface area (Å²) in [6, 6.07) is 0. The standard InChI is InChI=1S/C65H106O6/c1-4-7-10-13-16-19-22-24-25-26-27-28-29-30-31-32-33-34-35-36-37-38-39-41-43-46-49-52-55-58-64(67)70-61-62(60-69-63(66)57-54-51-48-45-42-21-18-15-12-9-6-3)71-65(68)59-56-53-50-47-44-40-23-20-17-14-11-8-5-2/h7-8,10-11,16-17,19-20,24-25,27-28,30-31,33-34,40,44,50,53,62H,4-6,9,12-15,18,21-23,26,29,32,35-39,41-43,45-49,51-52,54-61H2,1-3H3/b10-7-,11-8-,19-16-,20-17-,25-24-,28-27-,31-30-,34-33-,44-40-,53-50-. The molecule has 402 valence electrons. The molecule has 0 saturated carbocycles. The van der Waals surface area contributed by atoms with Crippen LogP contribution in [0.5, 0.6) is 0 Å². The van der Waals surface area contributed by atoms with Crippen molar-refractivity contribution in [3.8, 4) is 0 Å². The maximum Gasteiger partial charge on any atom is 0.306 e. The molecule has 0 rings (SSSR count). The van der Waals surface area contributed by atoms with Gasteiger partial charge in [-0.15, -0.1) is 0 Å². The van der Waals surface area contributed by atoms with E-state index in [1.165, 1.54) is 103 Å². The van der Waals surface area contributed by atoms with Crippen molar-refractivity contribution in [2.24, 2.45) is 0 Å². The molecule has 0 N–H and O–H groups in total. The van der Waals surface area contributed by atoms with Crippen LogP contribution < -0.4 is 0 Å². The lowest BCUT2D eigenvalue weighted by Gasteiger charge is -2.18. The highest BCUT2D eigenvalue weighted by Crippen LogP contribution is 2.15. The molecule has 0 spiro atoms. The summed E-state index contributed by atoms with van der Waals surface area (Å²) in [6.45, 7) is 6.33. The molecule has 1 atom stereocenters. The van der Waals surface area contributed by atoms with E-state index in [9.17, 15) is 14.4 Å². The highest BCUT2D eigenvalue weighted by atomic mass is 16.6. The fourth-order valence-corrected chi connectivity index (χ4v) is 7.69. The summed E-state index contributed by atoms with van der Waals surface area (Å²) >= 11 is 0. The molecular formula is C65H106O6. The summed E-state index contributed by atoms with van der Waals surface area (Å²) in [4.78, 5) is 38.0. The Kier molecular flexibility index (Phi) is 54.9. The Morgan fingerprint density at radius 2 is 0.577 bits per heavy atom. The van der Waals surface area contributed by atoms with E-state index in [-0.39, 0.29) is 31.6 Å². The largest absolute Gasteiger partial charge is 0.462 e. The van der Waals surface area contributed by atoms with E-state index >= 15 is 0 Å². The Hall–Kier alpha value is -4.19. The number of carbonyl (C=O) groups is 3. The molecule has 0 aliphatic rings. The lowest BCUT2D eigenvalue weighted by atomic mass is 10.1. The maximum absolute atomic E-state index is 12.8. The first-order valence-corrected chi connectivity index (χ1v) is 29.0. The number of carbonyl (C=O) groups excluding carboxylic acids is 3. The molecule has 0 aliphatic heterocycles. The first kappa shape index (κ1) is 66.8. The molecular weight excluding hydrogens is 877 g/mol. The SMILES string of the molecule is CC/C=C\C/C=C\C/C=C\C/C=C\C/C=C\C/C=C\CCCCCCCCCCCCC(=O)OCC(COC(=O)CCCCCCCCCCCCC)OC(=O)CC/C=C\C/C=C\C/C=C\C/C=C\CC. The van der Waals surface area contributed by atoms with Crippen LogP contribution in [-0.4, -0.2) is 37.2 Å². The van der Waals surface area contributed by atoms with E-state index in [0.29, 0.717) is 19.3 Å². The number of ether oxygens (including phenoxy) is 3. The van der Waals surface area contributed by atoms with Gasteiger partial charge in [-0.25, -0.2) is 0 Å². The van der Waals surface area contributed by atoms with Gasteiger partial charge >= 0.3 is 17.9 Å². The zero-order valence-corrected chi connectivity index (χ0v) is 45.9. The zero-order chi connectivity index (χ0) is 51.4. The Morgan fingerprint density at radius 1 is 0.296 bits per heavy atom. The summed E-state index contributed by atoms with van der Waals surface area (Å²) in [6.07, 6.45) is 80.7. The van der Waals surface area contributed by atoms with Crippen molar-refractivity contribution in [2.45, 2.75) is 258 Å². The van der Waals surface area contributed by atoms with E-state index in [2.05, 4.69) is 130 Å². The highest BCUT2D eigenvalue weighted by molar-refractivity contribution is 5.71. The Labute approximate surface area is 437 Å². The van der Waals surface area contributed by atoms with Crippen molar-refractivity contribution >= 4 is 17.9 Å². The summed E-state index contributed by atoms with van der Waals surface area (Å²) in [5.74, 6) is -0.997. The van der Waals surface area contributed by atoms with Crippen LogP contribution in [0.2, 0.25) is 0 Å². The number of hydrogen-bond donors (Lipinski definition) is 0. The van der Waals surface area contributed by atoms with Crippen molar-refractivity contribution in [2.75, 3.05) is 13.2 Å². The molecule has 1 unspecified atom stereocenters. The van der Waals surface area contributed by atoms with Crippen LogP contribution in [0.4, 0.5) is 0 Å². The normalized spacial score (nSPS) is 13.0. The number of hydrogen-bond acceptors (Lipinski definition) is 6. The van der Waals surface area contributed by atoms with Crippen LogP contribution in [-0.2, 0) is 28.6 Å². The van der Waals surface area contributed by atoms with Crippen LogP contribution in [0.3, 0.4) is 0 Å². The fourth-order valence-electron chi connectivity index (χ4n) is 7.69. The average molecular weight is 984 g/mol. The van der Waals surface area contributed by atoms with E-state index in [4.69, 9.17) is 14.2 Å². The number of allylic oxidation sites excluding steroid dienone is 20. The summed E-state index contributed by atoms with van der Waals surface area (Å²) in [5, 5.41) is 0. The molecule has 0 aromatic heterocycles. The number of unbranched alkanes of at least 4 members (excludes halogenated alkanes) is 20. The second kappa shape index (κ2) is 58.4. The van der Waals surface area contributed by atoms with Crippen molar-refractivity contribution in [3.05, 3.63) is 122 Å². The van der Waals surface area contributed by atoms with Gasteiger partial charge in [0.15, 0.2) is 6.10 Å². The van der Waals surface area contributed by atoms with Gasteiger partial charge in [0.2, 0.25) is 0 Å². The lowest BCUT2D eigenvalue weighted by molar-refractivity contribution is -0.166. The third-order valence-electron chi connectivity index (χ3n) is 12.0. The van der Waals surface area contributed by atoms with Gasteiger partial charge in [-0.1, -0.05) is 258 Å². The summed E-state index contributed by atoms with van der Waals surface area (Å²) < 4.78 is 16.7. The molecule has 6 nitrogen and oxygen atoms in total. The average Bonchev–Trinajstić information content (AvgIpc) is 3.37. The maximum atomic E-state index is 12.8. The predicted octanol–water partition coefficient (Wildman–Crippen LogP) is 19.6. The first-order chi connectivity index (χ1) is 35.0. The van der Waals surface area contributed by atoms with Crippen molar-refractivity contribution in [1.82, 2.24) is 0 Å². The monoisotopic (exact) mass is 983 g/mol. The minimum absolute atomic E-state index is 0.108. The van der Waals surface area contributed by atoms with Gasteiger partial charge < -0.3 is 14.2 Å². The third-order valence-corrected chi connectivity index (χ3v) is 12.0. The predicted molar refractivity (Wildman–Crippen MR) is 306 cm³/mol. The minimum Gasteiger partial charge on any atom is -0.462 e. The first-order valence-electron chi connectivity index (χ1n) is 29.0. The molecule has 0 fully saturated rings. The second-order valence-corrected chi connectivity index (χ2v) is 18.8. The van der Waals surface area contributed by atoms with Gasteiger partial charge in [-0.3, -0.25) is 14.4 Å². The Bertz CT molecular complexity index is 1500. The lowest BCUT2D eigenvalue weighted by Crippen LogP contribution is -2.30. The minimum atomic E-state index is -0.818. The van der Waals surface area contributed by atoms with Gasteiger partial charge in [0.1, 0.15) is 13.2 Å². The van der Waals surface area contributed by atoms with Crippen molar-refractivity contribution < 1.29 is 28.6 Å². The molecule has 0 radical (unpaired) electrons. The van der Waals surface area contributed by atoms with Crippen molar-refractivity contribution in [3.63, 3.8) is 0 Å². The summed E-state index contributed by atoms with van der Waals surface area (Å²) in [5.41, 5.74) is 0. The quantitative estimate of drug-likeness (QED) is 0.0261. The molecule has 6 heteroatoms. The van der Waals surface area contributed by atoms with Gasteiger partial charge in [-0.2, -0.15) is 0 Å². The molecule has 0 aliphatic carbocycles. The smallest absolute Gasteiger partial charge is 0.306 e. The number of esters is 3. The molecule has 0 aromatic carbocycles. The Balaban J connectivity index is 4.27. The van der Waals surface area contributed by atoms with Gasteiger partial charge in [0, 0.05) is 19.3 Å².